The summed E-state index contributed by atoms with van der Waals surface area (Å²) < 4.78 is 0. The summed E-state index contributed by atoms with van der Waals surface area (Å²) in [5, 5.41) is 0. The van der Waals surface area contributed by atoms with E-state index in [0.29, 0.717) is 18.4 Å². The van der Waals surface area contributed by atoms with Crippen molar-refractivity contribution in [1.82, 2.24) is 4.90 Å². The maximum Gasteiger partial charge on any atom is 0.223 e. The summed E-state index contributed by atoms with van der Waals surface area (Å²) in [6, 6.07) is 21.2. The molecule has 1 saturated heterocycles. The van der Waals surface area contributed by atoms with Crippen molar-refractivity contribution in [2.45, 2.75) is 38.1 Å². The maximum atomic E-state index is 12.5. The van der Waals surface area contributed by atoms with Gasteiger partial charge in [0, 0.05) is 19.0 Å². The van der Waals surface area contributed by atoms with E-state index in [2.05, 4.69) is 41.3 Å². The lowest BCUT2D eigenvalue weighted by Crippen LogP contribution is -2.36. The second-order valence-corrected chi connectivity index (χ2v) is 6.06. The van der Waals surface area contributed by atoms with Gasteiger partial charge in [-0.1, -0.05) is 60.7 Å². The molecular weight excluding hydrogens is 270 g/mol. The van der Waals surface area contributed by atoms with Crippen molar-refractivity contribution in [1.29, 1.82) is 0 Å². The second kappa shape index (κ2) is 7.26. The van der Waals surface area contributed by atoms with Gasteiger partial charge in [-0.3, -0.25) is 4.79 Å². The number of hydrogen-bond donors (Lipinski definition) is 0. The fraction of sp³-hybridized carbons (Fsp3) is 0.350. The highest BCUT2D eigenvalue weighted by Crippen LogP contribution is 2.22. The molecule has 0 aromatic heterocycles. The zero-order valence-electron chi connectivity index (χ0n) is 12.9. The molecule has 1 aliphatic heterocycles. The summed E-state index contributed by atoms with van der Waals surface area (Å²) >= 11 is 0. The van der Waals surface area contributed by atoms with E-state index in [4.69, 9.17) is 0 Å². The Kier molecular flexibility index (Phi) is 4.89. The van der Waals surface area contributed by atoms with Crippen LogP contribution in [0.4, 0.5) is 0 Å². The second-order valence-electron chi connectivity index (χ2n) is 6.06. The minimum atomic E-state index is 0.308. The zero-order chi connectivity index (χ0) is 15.2. The third-order valence-corrected chi connectivity index (χ3v) is 4.48. The van der Waals surface area contributed by atoms with Crippen molar-refractivity contribution in [2.24, 2.45) is 0 Å². The van der Waals surface area contributed by atoms with Crippen LogP contribution in [0.25, 0.3) is 0 Å². The Morgan fingerprint density at radius 1 is 0.955 bits per heavy atom. The van der Waals surface area contributed by atoms with E-state index in [1.165, 1.54) is 11.1 Å². The molecule has 1 fully saturated rings. The van der Waals surface area contributed by atoms with E-state index in [1.807, 2.05) is 24.3 Å². The molecule has 1 heterocycles. The molecule has 0 spiro atoms. The minimum Gasteiger partial charge on any atom is -0.339 e. The van der Waals surface area contributed by atoms with Crippen LogP contribution in [0, 0.1) is 0 Å². The van der Waals surface area contributed by atoms with Gasteiger partial charge in [-0.05, 0) is 36.8 Å². The normalized spacial score (nSPS) is 17.6. The Balaban J connectivity index is 1.57. The van der Waals surface area contributed by atoms with Crippen molar-refractivity contribution in [3.8, 4) is 0 Å². The highest BCUT2D eigenvalue weighted by molar-refractivity contribution is 5.77. The number of likely N-dealkylation sites (tertiary alicyclic amines) is 1. The average Bonchev–Trinajstić information content (AvgIpc) is 3.03. The predicted molar refractivity (Wildman–Crippen MR) is 89.6 cm³/mol. The highest BCUT2D eigenvalue weighted by atomic mass is 16.2. The van der Waals surface area contributed by atoms with Crippen LogP contribution in [-0.2, 0) is 17.6 Å². The number of benzene rings is 2. The molecule has 0 radical (unpaired) electrons. The van der Waals surface area contributed by atoms with Crippen LogP contribution in [-0.4, -0.2) is 23.4 Å². The van der Waals surface area contributed by atoms with Crippen molar-refractivity contribution in [2.75, 3.05) is 6.54 Å². The molecule has 3 rings (SSSR count). The first-order chi connectivity index (χ1) is 10.8. The van der Waals surface area contributed by atoms with Gasteiger partial charge in [-0.15, -0.1) is 0 Å². The van der Waals surface area contributed by atoms with Gasteiger partial charge in [-0.2, -0.15) is 0 Å². The summed E-state index contributed by atoms with van der Waals surface area (Å²) in [4.78, 5) is 14.7. The molecule has 1 aliphatic rings. The van der Waals surface area contributed by atoms with Gasteiger partial charge in [0.25, 0.3) is 0 Å². The molecule has 1 atom stereocenters. The van der Waals surface area contributed by atoms with Crippen molar-refractivity contribution in [3.63, 3.8) is 0 Å². The Morgan fingerprint density at radius 2 is 1.59 bits per heavy atom. The summed E-state index contributed by atoms with van der Waals surface area (Å²) in [5.74, 6) is 0.308. The fourth-order valence-corrected chi connectivity index (χ4v) is 3.30. The third-order valence-electron chi connectivity index (χ3n) is 4.48. The number of hydrogen-bond acceptors (Lipinski definition) is 1. The number of carbonyl (C=O) groups excluding carboxylic acids is 1. The van der Waals surface area contributed by atoms with Crippen LogP contribution in [0.5, 0.6) is 0 Å². The lowest BCUT2D eigenvalue weighted by Gasteiger charge is -2.25. The SMILES string of the molecule is O=C(CCc1ccccc1)N1CCCC1Cc1ccccc1. The van der Waals surface area contributed by atoms with Crippen LogP contribution in [0.3, 0.4) is 0 Å². The first-order valence-electron chi connectivity index (χ1n) is 8.20. The van der Waals surface area contributed by atoms with Crippen LogP contribution in [0.15, 0.2) is 60.7 Å². The molecule has 0 N–H and O–H groups in total. The maximum absolute atomic E-state index is 12.5. The van der Waals surface area contributed by atoms with Crippen molar-refractivity contribution < 1.29 is 4.79 Å². The first kappa shape index (κ1) is 14.8. The molecule has 2 aromatic carbocycles. The van der Waals surface area contributed by atoms with Gasteiger partial charge in [0.1, 0.15) is 0 Å². The number of carbonyl (C=O) groups is 1. The monoisotopic (exact) mass is 293 g/mol. The molecule has 0 saturated carbocycles. The van der Waals surface area contributed by atoms with Crippen LogP contribution >= 0.6 is 0 Å². The number of rotatable bonds is 5. The predicted octanol–water partition coefficient (Wildman–Crippen LogP) is 3.85. The van der Waals surface area contributed by atoms with Crippen LogP contribution in [0.2, 0.25) is 0 Å². The summed E-state index contributed by atoms with van der Waals surface area (Å²) in [6.07, 6.45) is 4.71. The molecule has 1 amide bonds. The van der Waals surface area contributed by atoms with Crippen LogP contribution < -0.4 is 0 Å². The van der Waals surface area contributed by atoms with Gasteiger partial charge in [0.15, 0.2) is 0 Å². The van der Waals surface area contributed by atoms with Gasteiger partial charge in [0.2, 0.25) is 5.91 Å². The molecular formula is C20H23NO. The zero-order valence-corrected chi connectivity index (χ0v) is 12.9. The Morgan fingerprint density at radius 3 is 2.27 bits per heavy atom. The van der Waals surface area contributed by atoms with E-state index in [9.17, 15) is 4.79 Å². The lowest BCUT2D eigenvalue weighted by atomic mass is 10.0. The lowest BCUT2D eigenvalue weighted by molar-refractivity contribution is -0.131. The smallest absolute Gasteiger partial charge is 0.223 e. The van der Waals surface area contributed by atoms with E-state index < -0.39 is 0 Å². The standard InChI is InChI=1S/C20H23NO/c22-20(14-13-17-8-3-1-4-9-17)21-15-7-12-19(21)16-18-10-5-2-6-11-18/h1-6,8-11,19H,7,12-16H2. The largest absolute Gasteiger partial charge is 0.339 e. The van der Waals surface area contributed by atoms with E-state index >= 15 is 0 Å². The first-order valence-corrected chi connectivity index (χ1v) is 8.20. The van der Waals surface area contributed by atoms with Crippen LogP contribution in [0.1, 0.15) is 30.4 Å². The minimum absolute atomic E-state index is 0.308. The number of aryl methyl sites for hydroxylation is 1. The Hall–Kier alpha value is -2.09. The van der Waals surface area contributed by atoms with Crippen molar-refractivity contribution in [3.05, 3.63) is 71.8 Å². The quantitative estimate of drug-likeness (QED) is 0.820. The Bertz CT molecular complexity index is 594. The average molecular weight is 293 g/mol. The summed E-state index contributed by atoms with van der Waals surface area (Å²) in [7, 11) is 0. The molecule has 1 unspecified atom stereocenters. The van der Waals surface area contributed by atoms with Gasteiger partial charge in [-0.25, -0.2) is 0 Å². The van der Waals surface area contributed by atoms with E-state index in [0.717, 1.165) is 32.2 Å². The Labute approximate surface area is 132 Å². The van der Waals surface area contributed by atoms with Gasteiger partial charge < -0.3 is 4.90 Å². The molecule has 2 heteroatoms. The van der Waals surface area contributed by atoms with Gasteiger partial charge in [0.05, 0.1) is 0 Å². The van der Waals surface area contributed by atoms with E-state index in [-0.39, 0.29) is 0 Å². The van der Waals surface area contributed by atoms with Gasteiger partial charge >= 0.3 is 0 Å². The van der Waals surface area contributed by atoms with Crippen molar-refractivity contribution >= 4 is 5.91 Å². The molecule has 0 aliphatic carbocycles. The molecule has 22 heavy (non-hydrogen) atoms. The fourth-order valence-electron chi connectivity index (χ4n) is 3.30. The molecule has 2 nitrogen and oxygen atoms in total. The van der Waals surface area contributed by atoms with E-state index in [1.54, 1.807) is 0 Å². The molecule has 2 aromatic rings. The summed E-state index contributed by atoms with van der Waals surface area (Å²) in [6.45, 7) is 0.922. The molecule has 0 bridgehead atoms. The highest BCUT2D eigenvalue weighted by Gasteiger charge is 2.28. The summed E-state index contributed by atoms with van der Waals surface area (Å²) in [5.41, 5.74) is 2.57. The molecule has 114 valence electrons. The third kappa shape index (κ3) is 3.76. The number of amides is 1. The number of nitrogens with zero attached hydrogens (tertiary/aromatic N) is 1. The topological polar surface area (TPSA) is 20.3 Å².